The maximum absolute atomic E-state index is 12.7. The molecule has 0 bridgehead atoms. The zero-order chi connectivity index (χ0) is 15.8. The minimum atomic E-state index is -4.16. The topological polar surface area (TPSA) is 81.6 Å². The SMILES string of the molecule is COc1c(N2CCC(C(F)(F)F)CC2)sc(C(N)=O)c1N. The minimum absolute atomic E-state index is 0.0103. The second-order valence-electron chi connectivity index (χ2n) is 4.85. The molecule has 1 aromatic rings. The molecule has 0 saturated carbocycles. The average molecular weight is 323 g/mol. The van der Waals surface area contributed by atoms with Gasteiger partial charge >= 0.3 is 6.18 Å². The minimum Gasteiger partial charge on any atom is -0.492 e. The Kier molecular flexibility index (Phi) is 4.22. The molecule has 1 fully saturated rings. The number of nitrogens with two attached hydrogens (primary N) is 2. The molecule has 0 radical (unpaired) electrons. The van der Waals surface area contributed by atoms with Gasteiger partial charge in [0.05, 0.1) is 13.0 Å². The normalized spacial score (nSPS) is 17.0. The van der Waals surface area contributed by atoms with E-state index >= 15 is 0 Å². The van der Waals surface area contributed by atoms with Gasteiger partial charge in [-0.1, -0.05) is 0 Å². The highest BCUT2D eigenvalue weighted by Gasteiger charge is 2.41. The summed E-state index contributed by atoms with van der Waals surface area (Å²) >= 11 is 1.05. The highest BCUT2D eigenvalue weighted by Crippen LogP contribution is 2.46. The smallest absolute Gasteiger partial charge is 0.391 e. The van der Waals surface area contributed by atoms with Crippen LogP contribution in [0.4, 0.5) is 23.9 Å². The van der Waals surface area contributed by atoms with Gasteiger partial charge in [-0.25, -0.2) is 0 Å². The molecule has 1 saturated heterocycles. The third-order valence-electron chi connectivity index (χ3n) is 3.56. The average Bonchev–Trinajstić information content (AvgIpc) is 2.75. The lowest BCUT2D eigenvalue weighted by Crippen LogP contribution is -2.38. The molecular weight excluding hydrogens is 307 g/mol. The van der Waals surface area contributed by atoms with Crippen molar-refractivity contribution in [3.8, 4) is 5.75 Å². The van der Waals surface area contributed by atoms with Crippen molar-refractivity contribution < 1.29 is 22.7 Å². The first-order valence-corrected chi connectivity index (χ1v) is 7.15. The molecule has 2 rings (SSSR count). The summed E-state index contributed by atoms with van der Waals surface area (Å²) in [4.78, 5) is 13.2. The fourth-order valence-corrected chi connectivity index (χ4v) is 3.51. The molecule has 1 amide bonds. The van der Waals surface area contributed by atoms with Crippen molar-refractivity contribution in [1.29, 1.82) is 0 Å². The van der Waals surface area contributed by atoms with Crippen LogP contribution in [0.3, 0.4) is 0 Å². The standard InChI is InChI=1S/C12H16F3N3O2S/c1-20-8-7(16)9(10(17)19)21-11(8)18-4-2-6(3-5-18)12(13,14)15/h6H,2-5,16H2,1H3,(H2,17,19). The summed E-state index contributed by atoms with van der Waals surface area (Å²) in [6.45, 7) is 0.470. The number of nitrogens with zero attached hydrogens (tertiary/aromatic N) is 1. The summed E-state index contributed by atoms with van der Waals surface area (Å²) < 4.78 is 43.2. The fourth-order valence-electron chi connectivity index (χ4n) is 2.41. The lowest BCUT2D eigenvalue weighted by Gasteiger charge is -2.33. The van der Waals surface area contributed by atoms with Gasteiger partial charge in [0, 0.05) is 13.1 Å². The number of primary amides is 1. The largest absolute Gasteiger partial charge is 0.492 e. The maximum atomic E-state index is 12.7. The van der Waals surface area contributed by atoms with Crippen LogP contribution in [-0.2, 0) is 0 Å². The lowest BCUT2D eigenvalue weighted by molar-refractivity contribution is -0.179. The fraction of sp³-hybridized carbons (Fsp3) is 0.583. The van der Waals surface area contributed by atoms with Crippen LogP contribution in [0.2, 0.25) is 0 Å². The van der Waals surface area contributed by atoms with E-state index in [4.69, 9.17) is 16.2 Å². The Morgan fingerprint density at radius 3 is 2.38 bits per heavy atom. The van der Waals surface area contributed by atoms with Crippen molar-refractivity contribution in [2.75, 3.05) is 30.8 Å². The van der Waals surface area contributed by atoms with Gasteiger partial charge in [0.1, 0.15) is 15.6 Å². The van der Waals surface area contributed by atoms with E-state index in [2.05, 4.69) is 0 Å². The van der Waals surface area contributed by atoms with Gasteiger partial charge in [0.15, 0.2) is 5.75 Å². The molecule has 1 aliphatic rings. The molecule has 2 heterocycles. The number of halogens is 3. The lowest BCUT2D eigenvalue weighted by atomic mass is 9.96. The van der Waals surface area contributed by atoms with Crippen LogP contribution in [0.1, 0.15) is 22.5 Å². The van der Waals surface area contributed by atoms with Crippen LogP contribution in [0, 0.1) is 5.92 Å². The van der Waals surface area contributed by atoms with Crippen molar-refractivity contribution in [3.63, 3.8) is 0 Å². The number of thiophene rings is 1. The number of carbonyl (C=O) groups is 1. The highest BCUT2D eigenvalue weighted by atomic mass is 32.1. The molecule has 0 spiro atoms. The summed E-state index contributed by atoms with van der Waals surface area (Å²) in [7, 11) is 1.40. The molecule has 0 aromatic carbocycles. The van der Waals surface area contributed by atoms with Gasteiger partial charge in [-0.2, -0.15) is 13.2 Å². The molecule has 1 aromatic heterocycles. The number of methoxy groups -OCH3 is 1. The number of alkyl halides is 3. The molecule has 0 atom stereocenters. The molecule has 4 N–H and O–H groups in total. The number of rotatable bonds is 3. The van der Waals surface area contributed by atoms with E-state index in [-0.39, 0.29) is 36.5 Å². The molecule has 118 valence electrons. The van der Waals surface area contributed by atoms with E-state index in [1.165, 1.54) is 7.11 Å². The molecule has 0 unspecified atom stereocenters. The van der Waals surface area contributed by atoms with E-state index in [1.54, 1.807) is 4.90 Å². The Bertz CT molecular complexity index is 537. The van der Waals surface area contributed by atoms with Gasteiger partial charge in [-0.3, -0.25) is 4.79 Å². The highest BCUT2D eigenvalue weighted by molar-refractivity contribution is 7.19. The molecule has 21 heavy (non-hydrogen) atoms. The second kappa shape index (κ2) is 5.63. The van der Waals surface area contributed by atoms with Gasteiger partial charge in [-0.05, 0) is 12.8 Å². The summed E-state index contributed by atoms with van der Waals surface area (Å²) in [5.41, 5.74) is 11.2. The summed E-state index contributed by atoms with van der Waals surface area (Å²) in [5.74, 6) is -1.65. The Hall–Kier alpha value is -1.64. The van der Waals surface area contributed by atoms with Crippen molar-refractivity contribution in [2.45, 2.75) is 19.0 Å². The first-order valence-electron chi connectivity index (χ1n) is 6.33. The van der Waals surface area contributed by atoms with Gasteiger partial charge in [-0.15, -0.1) is 11.3 Å². The van der Waals surface area contributed by atoms with Crippen LogP contribution in [0.15, 0.2) is 0 Å². The zero-order valence-corrected chi connectivity index (χ0v) is 12.2. The van der Waals surface area contributed by atoms with Crippen molar-refractivity contribution >= 4 is 27.9 Å². The van der Waals surface area contributed by atoms with Crippen molar-refractivity contribution in [3.05, 3.63) is 4.88 Å². The predicted octanol–water partition coefficient (Wildman–Crippen LogP) is 2.22. The molecular formula is C12H16F3N3O2S. The predicted molar refractivity (Wildman–Crippen MR) is 74.8 cm³/mol. The van der Waals surface area contributed by atoms with Crippen LogP contribution < -0.4 is 21.1 Å². The first-order chi connectivity index (χ1) is 9.75. The number of piperidine rings is 1. The number of hydrogen-bond acceptors (Lipinski definition) is 5. The first kappa shape index (κ1) is 15.7. The van der Waals surface area contributed by atoms with Gasteiger partial charge in [0.2, 0.25) is 0 Å². The van der Waals surface area contributed by atoms with E-state index in [1.807, 2.05) is 0 Å². The van der Waals surface area contributed by atoms with E-state index in [9.17, 15) is 18.0 Å². The van der Waals surface area contributed by atoms with Crippen LogP contribution in [0.5, 0.6) is 5.75 Å². The Labute approximate surface area is 123 Å². The van der Waals surface area contributed by atoms with Crippen molar-refractivity contribution in [2.24, 2.45) is 11.7 Å². The third kappa shape index (κ3) is 3.02. The Balaban J connectivity index is 2.21. The summed E-state index contributed by atoms with van der Waals surface area (Å²) in [6, 6.07) is 0. The zero-order valence-electron chi connectivity index (χ0n) is 11.4. The summed E-state index contributed by atoms with van der Waals surface area (Å²) in [6.07, 6.45) is -4.14. The number of amides is 1. The van der Waals surface area contributed by atoms with Crippen molar-refractivity contribution in [1.82, 2.24) is 0 Å². The Morgan fingerprint density at radius 1 is 1.38 bits per heavy atom. The number of ether oxygens (including phenoxy) is 1. The maximum Gasteiger partial charge on any atom is 0.391 e. The van der Waals surface area contributed by atoms with Gasteiger partial charge < -0.3 is 21.1 Å². The quantitative estimate of drug-likeness (QED) is 0.893. The summed E-state index contributed by atoms with van der Waals surface area (Å²) in [5, 5.41) is 0.560. The van der Waals surface area contributed by atoms with Crippen LogP contribution in [0.25, 0.3) is 0 Å². The Morgan fingerprint density at radius 2 is 1.95 bits per heavy atom. The van der Waals surface area contributed by atoms with Gasteiger partial charge in [0.25, 0.3) is 5.91 Å². The van der Waals surface area contributed by atoms with Crippen LogP contribution in [-0.4, -0.2) is 32.3 Å². The molecule has 1 aliphatic heterocycles. The third-order valence-corrected chi connectivity index (χ3v) is 4.82. The molecule has 0 aliphatic carbocycles. The molecule has 9 heteroatoms. The van der Waals surface area contributed by atoms with E-state index in [0.29, 0.717) is 10.8 Å². The number of carbonyl (C=O) groups excluding carboxylic acids is 1. The number of anilines is 2. The van der Waals surface area contributed by atoms with Crippen LogP contribution >= 0.6 is 11.3 Å². The second-order valence-corrected chi connectivity index (χ2v) is 5.85. The monoisotopic (exact) mass is 323 g/mol. The molecule has 5 nitrogen and oxygen atoms in total. The van der Waals surface area contributed by atoms with E-state index < -0.39 is 18.0 Å². The van der Waals surface area contributed by atoms with E-state index in [0.717, 1.165) is 11.3 Å². The number of nitrogen functional groups attached to an aromatic ring is 1. The number of hydrogen-bond donors (Lipinski definition) is 2.